The molecule has 2 fully saturated rings. The van der Waals surface area contributed by atoms with Gasteiger partial charge in [-0.1, -0.05) is 26.2 Å². The number of nitrogens with one attached hydrogen (secondary N) is 2. The van der Waals surface area contributed by atoms with Gasteiger partial charge in [0.1, 0.15) is 0 Å². The van der Waals surface area contributed by atoms with Crippen molar-refractivity contribution in [2.75, 3.05) is 43.5 Å². The summed E-state index contributed by atoms with van der Waals surface area (Å²) in [7, 11) is -3.61. The van der Waals surface area contributed by atoms with Gasteiger partial charge >= 0.3 is 0 Å². The topological polar surface area (TPSA) is 87.7 Å². The number of unbranched alkanes of at least 4 members (excludes halogenated alkanes) is 1. The molecule has 0 bridgehead atoms. The highest BCUT2D eigenvalue weighted by Gasteiger charge is 2.28. The summed E-state index contributed by atoms with van der Waals surface area (Å²) < 4.78 is 32.7. The fourth-order valence-electron chi connectivity index (χ4n) is 3.70. The molecule has 3 rings (SSSR count). The number of carbonyl (C=O) groups is 1. The molecule has 0 radical (unpaired) electrons. The van der Waals surface area contributed by atoms with Crippen molar-refractivity contribution in [3.63, 3.8) is 0 Å². The van der Waals surface area contributed by atoms with Crippen LogP contribution in [-0.4, -0.2) is 51.5 Å². The molecular formula is C20H31N3O4S. The summed E-state index contributed by atoms with van der Waals surface area (Å²) in [6.07, 6.45) is 6.01. The van der Waals surface area contributed by atoms with E-state index in [4.69, 9.17) is 4.74 Å². The molecule has 8 heteroatoms. The quantitative estimate of drug-likeness (QED) is 0.645. The van der Waals surface area contributed by atoms with E-state index in [2.05, 4.69) is 17.6 Å². The first kappa shape index (κ1) is 21.1. The Morgan fingerprint density at radius 3 is 2.57 bits per heavy atom. The van der Waals surface area contributed by atoms with E-state index in [1.165, 1.54) is 4.31 Å². The second-order valence-corrected chi connectivity index (χ2v) is 9.41. The lowest BCUT2D eigenvalue weighted by Gasteiger charge is -2.26. The SMILES string of the molecule is CCCCNc1ccc(S(=O)(=O)N2CCOCC2)cc1NC(=O)C1CCCC1. The lowest BCUT2D eigenvalue weighted by atomic mass is 10.1. The van der Waals surface area contributed by atoms with Gasteiger partial charge < -0.3 is 15.4 Å². The molecule has 7 nitrogen and oxygen atoms in total. The molecule has 156 valence electrons. The van der Waals surface area contributed by atoms with Gasteiger partial charge in [0, 0.05) is 25.6 Å². The van der Waals surface area contributed by atoms with Gasteiger partial charge in [-0.3, -0.25) is 4.79 Å². The molecule has 2 N–H and O–H groups in total. The fourth-order valence-corrected chi connectivity index (χ4v) is 5.13. The Bertz CT molecular complexity index is 770. The molecule has 1 amide bonds. The first-order valence-corrected chi connectivity index (χ1v) is 11.7. The minimum Gasteiger partial charge on any atom is -0.383 e. The number of morpholine rings is 1. The van der Waals surface area contributed by atoms with Crippen LogP contribution in [0.2, 0.25) is 0 Å². The summed E-state index contributed by atoms with van der Waals surface area (Å²) in [5.74, 6) is -0.0000368. The van der Waals surface area contributed by atoms with Gasteiger partial charge in [0.2, 0.25) is 15.9 Å². The molecule has 0 spiro atoms. The number of amides is 1. The second-order valence-electron chi connectivity index (χ2n) is 7.47. The molecule has 1 saturated carbocycles. The smallest absolute Gasteiger partial charge is 0.243 e. The molecule has 1 aliphatic heterocycles. The number of nitrogens with zero attached hydrogens (tertiary/aromatic N) is 1. The van der Waals surface area contributed by atoms with Gasteiger partial charge in [0.15, 0.2) is 0 Å². The van der Waals surface area contributed by atoms with Crippen LogP contribution in [-0.2, 0) is 19.6 Å². The van der Waals surface area contributed by atoms with Crippen molar-refractivity contribution in [2.24, 2.45) is 5.92 Å². The van der Waals surface area contributed by atoms with Crippen LogP contribution in [0, 0.1) is 5.92 Å². The van der Waals surface area contributed by atoms with Crippen LogP contribution in [0.4, 0.5) is 11.4 Å². The maximum absolute atomic E-state index is 13.0. The number of carbonyl (C=O) groups excluding carboxylic acids is 1. The lowest BCUT2D eigenvalue weighted by molar-refractivity contribution is -0.119. The zero-order valence-corrected chi connectivity index (χ0v) is 17.4. The van der Waals surface area contributed by atoms with E-state index in [1.807, 2.05) is 0 Å². The number of hydrogen-bond acceptors (Lipinski definition) is 5. The Balaban J connectivity index is 1.84. The lowest BCUT2D eigenvalue weighted by Crippen LogP contribution is -2.40. The third-order valence-electron chi connectivity index (χ3n) is 5.43. The molecule has 0 unspecified atom stereocenters. The Kier molecular flexibility index (Phi) is 7.31. The number of hydrogen-bond donors (Lipinski definition) is 2. The number of benzene rings is 1. The average Bonchev–Trinajstić information content (AvgIpc) is 3.25. The molecule has 0 atom stereocenters. The molecule has 1 aliphatic carbocycles. The number of sulfonamides is 1. The molecule has 0 aromatic heterocycles. The van der Waals surface area contributed by atoms with Crippen LogP contribution in [0.1, 0.15) is 45.4 Å². The molecule has 28 heavy (non-hydrogen) atoms. The maximum atomic E-state index is 13.0. The minimum atomic E-state index is -3.61. The van der Waals surface area contributed by atoms with E-state index in [0.717, 1.165) is 50.8 Å². The summed E-state index contributed by atoms with van der Waals surface area (Å²) in [4.78, 5) is 12.9. The summed E-state index contributed by atoms with van der Waals surface area (Å²) >= 11 is 0. The van der Waals surface area contributed by atoms with Gasteiger partial charge in [-0.2, -0.15) is 4.31 Å². The fraction of sp³-hybridized carbons (Fsp3) is 0.650. The summed E-state index contributed by atoms with van der Waals surface area (Å²) in [5, 5.41) is 6.31. The Labute approximate surface area is 167 Å². The van der Waals surface area contributed by atoms with Gasteiger partial charge in [-0.15, -0.1) is 0 Å². The predicted octanol–water partition coefficient (Wildman–Crippen LogP) is 3.05. The monoisotopic (exact) mass is 409 g/mol. The Morgan fingerprint density at radius 1 is 1.18 bits per heavy atom. The molecule has 1 aromatic rings. The standard InChI is InChI=1S/C20H31N3O4S/c1-2-3-10-21-18-9-8-17(28(25,26)23-11-13-27-14-12-23)15-19(18)22-20(24)16-6-4-5-7-16/h8-9,15-16,21H,2-7,10-14H2,1H3,(H,22,24). The zero-order valence-electron chi connectivity index (χ0n) is 16.6. The van der Waals surface area contributed by atoms with Crippen LogP contribution >= 0.6 is 0 Å². The van der Waals surface area contributed by atoms with Crippen molar-refractivity contribution >= 4 is 27.3 Å². The normalized spacial score (nSPS) is 18.9. The van der Waals surface area contributed by atoms with Gasteiger partial charge in [-0.05, 0) is 37.5 Å². The largest absolute Gasteiger partial charge is 0.383 e. The first-order valence-electron chi connectivity index (χ1n) is 10.3. The molecule has 1 saturated heterocycles. The highest BCUT2D eigenvalue weighted by atomic mass is 32.2. The van der Waals surface area contributed by atoms with E-state index in [1.54, 1.807) is 18.2 Å². The van der Waals surface area contributed by atoms with Crippen molar-refractivity contribution in [2.45, 2.75) is 50.3 Å². The van der Waals surface area contributed by atoms with Crippen molar-refractivity contribution in [3.05, 3.63) is 18.2 Å². The maximum Gasteiger partial charge on any atom is 0.243 e. The van der Waals surface area contributed by atoms with Gasteiger partial charge in [-0.25, -0.2) is 8.42 Å². The van der Waals surface area contributed by atoms with Crippen molar-refractivity contribution < 1.29 is 17.9 Å². The van der Waals surface area contributed by atoms with Crippen molar-refractivity contribution in [3.8, 4) is 0 Å². The first-order chi connectivity index (χ1) is 13.5. The van der Waals surface area contributed by atoms with Crippen LogP contribution < -0.4 is 10.6 Å². The van der Waals surface area contributed by atoms with Crippen LogP contribution in [0.15, 0.2) is 23.1 Å². The summed E-state index contributed by atoms with van der Waals surface area (Å²) in [5.41, 5.74) is 1.31. The van der Waals surface area contributed by atoms with Crippen LogP contribution in [0.3, 0.4) is 0 Å². The minimum absolute atomic E-state index is 0.0167. The number of ether oxygens (including phenoxy) is 1. The van der Waals surface area contributed by atoms with E-state index >= 15 is 0 Å². The van der Waals surface area contributed by atoms with E-state index in [9.17, 15) is 13.2 Å². The predicted molar refractivity (Wildman–Crippen MR) is 110 cm³/mol. The molecular weight excluding hydrogens is 378 g/mol. The van der Waals surface area contributed by atoms with E-state index < -0.39 is 10.0 Å². The second kappa shape index (κ2) is 9.71. The van der Waals surface area contributed by atoms with E-state index in [0.29, 0.717) is 32.0 Å². The van der Waals surface area contributed by atoms with Gasteiger partial charge in [0.25, 0.3) is 0 Å². The summed E-state index contributed by atoms with van der Waals surface area (Å²) in [6, 6.07) is 4.96. The third-order valence-corrected chi connectivity index (χ3v) is 7.32. The van der Waals surface area contributed by atoms with E-state index in [-0.39, 0.29) is 16.7 Å². The highest BCUT2D eigenvalue weighted by molar-refractivity contribution is 7.89. The molecule has 2 aliphatic rings. The number of rotatable bonds is 8. The van der Waals surface area contributed by atoms with Crippen molar-refractivity contribution in [1.29, 1.82) is 0 Å². The Morgan fingerprint density at radius 2 is 1.89 bits per heavy atom. The van der Waals surface area contributed by atoms with Crippen molar-refractivity contribution in [1.82, 2.24) is 4.31 Å². The highest BCUT2D eigenvalue weighted by Crippen LogP contribution is 2.31. The molecule has 1 aromatic carbocycles. The number of anilines is 2. The summed E-state index contributed by atoms with van der Waals surface area (Å²) in [6.45, 7) is 4.40. The third kappa shape index (κ3) is 5.04. The Hall–Kier alpha value is -1.64. The van der Waals surface area contributed by atoms with Crippen LogP contribution in [0.5, 0.6) is 0 Å². The molecule has 1 heterocycles. The van der Waals surface area contributed by atoms with Crippen LogP contribution in [0.25, 0.3) is 0 Å². The van der Waals surface area contributed by atoms with Gasteiger partial charge in [0.05, 0.1) is 29.5 Å². The average molecular weight is 410 g/mol. The zero-order chi connectivity index (χ0) is 20.0.